The van der Waals surface area contributed by atoms with Gasteiger partial charge < -0.3 is 51.2 Å². The molecule has 296 valence electrons. The van der Waals surface area contributed by atoms with Gasteiger partial charge >= 0.3 is 12.1 Å². The number of carboxylic acids is 1. The Labute approximate surface area is 318 Å². The Morgan fingerprint density at radius 3 is 2.35 bits per heavy atom. The quantitative estimate of drug-likeness (QED) is 0.0486. The zero-order chi connectivity index (χ0) is 39.7. The second-order valence-corrected chi connectivity index (χ2v) is 13.8. The van der Waals surface area contributed by atoms with E-state index in [4.69, 9.17) is 15.9 Å². The molecule has 0 spiro atoms. The van der Waals surface area contributed by atoms with E-state index in [0.29, 0.717) is 70.5 Å². The van der Waals surface area contributed by atoms with Crippen LogP contribution in [0.1, 0.15) is 61.9 Å². The minimum absolute atomic E-state index is 0.00601. The van der Waals surface area contributed by atoms with Crippen LogP contribution in [-0.4, -0.2) is 96.3 Å². The molecule has 5 rings (SSSR count). The standard InChI is InChI=1S/C38H50FN9O7/c1-3-42-34(52)38(12-6-13-38)35(53)45-26(7-5-14-43-36(40)41)21-44-25-10-8-24(9-11-25)23-55-37(54)48-17-15-47(16-18-48)31-20-30-27(19-29(31)39)32(49)28(33(50)51)22-46(30)4-2/h8-11,19-20,22,26,44H,3-7,12-18,21,23H2,1-2H3,(H,42,52)(H,45,53)(H,50,51)(H4,40,41,43). The van der Waals surface area contributed by atoms with Crippen molar-refractivity contribution in [2.75, 3.05) is 56.0 Å². The monoisotopic (exact) mass is 763 g/mol. The van der Waals surface area contributed by atoms with Crippen molar-refractivity contribution in [2.24, 2.45) is 11.1 Å². The van der Waals surface area contributed by atoms with Gasteiger partial charge in [-0.1, -0.05) is 18.6 Å². The highest BCUT2D eigenvalue weighted by atomic mass is 19.1. The van der Waals surface area contributed by atoms with Gasteiger partial charge in [0.25, 0.3) is 0 Å². The maximum absolute atomic E-state index is 15.3. The van der Waals surface area contributed by atoms with Crippen molar-refractivity contribution < 1.29 is 33.4 Å². The van der Waals surface area contributed by atoms with Crippen LogP contribution >= 0.6 is 0 Å². The average Bonchev–Trinajstić information content (AvgIpc) is 3.14. The van der Waals surface area contributed by atoms with Crippen LogP contribution in [0.15, 0.2) is 47.4 Å². The minimum atomic E-state index is -1.37. The summed E-state index contributed by atoms with van der Waals surface area (Å²) < 4.78 is 22.5. The lowest BCUT2D eigenvalue weighted by atomic mass is 9.67. The number of aromatic nitrogens is 1. The molecule has 55 heavy (non-hydrogen) atoms. The number of amides is 3. The number of benzene rings is 2. The van der Waals surface area contributed by atoms with Gasteiger partial charge in [0.1, 0.15) is 23.4 Å². The number of ether oxygens (including phenoxy) is 1. The molecule has 1 atom stereocenters. The van der Waals surface area contributed by atoms with Crippen molar-refractivity contribution in [1.82, 2.24) is 25.4 Å². The number of pyridine rings is 1. The number of carboxylic acid groups (broad SMARTS) is 1. The third-order valence-corrected chi connectivity index (χ3v) is 10.3. The maximum Gasteiger partial charge on any atom is 0.410 e. The van der Waals surface area contributed by atoms with Crippen molar-refractivity contribution in [3.63, 3.8) is 0 Å². The van der Waals surface area contributed by atoms with Crippen LogP contribution in [0.5, 0.6) is 0 Å². The predicted molar refractivity (Wildman–Crippen MR) is 206 cm³/mol. The van der Waals surface area contributed by atoms with Crippen molar-refractivity contribution in [2.45, 2.75) is 65.1 Å². The molecule has 3 amide bonds. The van der Waals surface area contributed by atoms with Crippen LogP contribution in [0.25, 0.3) is 10.9 Å². The molecular formula is C38H50FN9O7. The second-order valence-electron chi connectivity index (χ2n) is 13.8. The number of carbonyl (C=O) groups excluding carboxylic acids is 3. The van der Waals surface area contributed by atoms with Gasteiger partial charge in [-0.05, 0) is 69.4 Å². The van der Waals surface area contributed by atoms with Crippen LogP contribution in [0, 0.1) is 16.6 Å². The van der Waals surface area contributed by atoms with Crippen LogP contribution in [-0.2, 0) is 27.5 Å². The molecule has 16 nitrogen and oxygen atoms in total. The number of carbonyl (C=O) groups is 4. The first-order valence-corrected chi connectivity index (χ1v) is 18.6. The molecule has 8 N–H and O–H groups in total. The van der Waals surface area contributed by atoms with Gasteiger partial charge in [-0.15, -0.1) is 0 Å². The van der Waals surface area contributed by atoms with Crippen molar-refractivity contribution in [3.8, 4) is 0 Å². The molecular weight excluding hydrogens is 713 g/mol. The summed E-state index contributed by atoms with van der Waals surface area (Å²) in [7, 11) is 0. The summed E-state index contributed by atoms with van der Waals surface area (Å²) in [5, 5.41) is 28.8. The van der Waals surface area contributed by atoms with Gasteiger partial charge in [0, 0.05) is 75.7 Å². The van der Waals surface area contributed by atoms with E-state index in [2.05, 4.69) is 21.3 Å². The molecule has 1 aliphatic heterocycles. The molecule has 2 aliphatic rings. The summed E-state index contributed by atoms with van der Waals surface area (Å²) in [6, 6.07) is 9.69. The first-order chi connectivity index (χ1) is 26.4. The Morgan fingerprint density at radius 1 is 1.04 bits per heavy atom. The largest absolute Gasteiger partial charge is 0.477 e. The molecule has 1 aromatic heterocycles. The van der Waals surface area contributed by atoms with Crippen molar-refractivity contribution in [1.29, 1.82) is 5.41 Å². The number of piperazine rings is 1. The van der Waals surface area contributed by atoms with E-state index >= 15 is 4.39 Å². The number of aromatic carboxylic acids is 1. The fourth-order valence-electron chi connectivity index (χ4n) is 6.92. The number of nitrogens with two attached hydrogens (primary N) is 1. The highest BCUT2D eigenvalue weighted by molar-refractivity contribution is 6.06. The Morgan fingerprint density at radius 2 is 1.75 bits per heavy atom. The topological polar surface area (TPSA) is 224 Å². The van der Waals surface area contributed by atoms with Crippen molar-refractivity contribution >= 4 is 52.1 Å². The van der Waals surface area contributed by atoms with Gasteiger partial charge in [0.15, 0.2) is 5.96 Å². The number of anilines is 2. The summed E-state index contributed by atoms with van der Waals surface area (Å²) >= 11 is 0. The molecule has 17 heteroatoms. The number of halogens is 1. The Bertz CT molecular complexity index is 1960. The second kappa shape index (κ2) is 18.0. The highest BCUT2D eigenvalue weighted by Gasteiger charge is 2.50. The third kappa shape index (κ3) is 9.45. The van der Waals surface area contributed by atoms with Gasteiger partial charge in [-0.25, -0.2) is 14.0 Å². The SMILES string of the molecule is CCNC(=O)C1(C(=O)NC(CCCNC(=N)N)CNc2ccc(COC(=O)N3CCN(c4cc5c(cc4F)c(=O)c(C(=O)O)cn5CC)CC3)cc2)CCC1. The van der Waals surface area contributed by atoms with Gasteiger partial charge in [-0.2, -0.15) is 0 Å². The molecule has 2 heterocycles. The lowest BCUT2D eigenvalue weighted by Crippen LogP contribution is -2.57. The number of nitrogens with one attached hydrogen (secondary N) is 5. The van der Waals surface area contributed by atoms with E-state index < -0.39 is 34.3 Å². The first-order valence-electron chi connectivity index (χ1n) is 18.6. The fourth-order valence-corrected chi connectivity index (χ4v) is 6.92. The highest BCUT2D eigenvalue weighted by Crippen LogP contribution is 2.41. The first kappa shape index (κ1) is 40.3. The van der Waals surface area contributed by atoms with Crippen molar-refractivity contribution in [3.05, 3.63) is 69.8 Å². The molecule has 1 saturated heterocycles. The van der Waals surface area contributed by atoms with E-state index in [1.807, 2.05) is 31.2 Å². The molecule has 0 bridgehead atoms. The van der Waals surface area contributed by atoms with Crippen LogP contribution < -0.4 is 37.3 Å². The van der Waals surface area contributed by atoms with Gasteiger partial charge in [0.2, 0.25) is 17.2 Å². The molecule has 2 aromatic carbocycles. The van der Waals surface area contributed by atoms with Crippen LogP contribution in [0.4, 0.5) is 20.6 Å². The van der Waals surface area contributed by atoms with E-state index in [0.717, 1.165) is 23.7 Å². The molecule has 1 aliphatic carbocycles. The number of aryl methyl sites for hydroxylation is 1. The zero-order valence-corrected chi connectivity index (χ0v) is 31.2. The third-order valence-electron chi connectivity index (χ3n) is 10.3. The Balaban J connectivity index is 1.12. The molecule has 1 saturated carbocycles. The number of fused-ring (bicyclic) bond motifs is 1. The summed E-state index contributed by atoms with van der Waals surface area (Å²) in [6.07, 6.45) is 3.82. The number of hydrogen-bond acceptors (Lipinski definition) is 9. The average molecular weight is 764 g/mol. The summed E-state index contributed by atoms with van der Waals surface area (Å²) in [5.74, 6) is -2.67. The van der Waals surface area contributed by atoms with E-state index in [1.54, 1.807) is 27.4 Å². The zero-order valence-electron chi connectivity index (χ0n) is 31.2. The number of rotatable bonds is 16. The lowest BCUT2D eigenvalue weighted by molar-refractivity contribution is -0.150. The Hall–Kier alpha value is -5.87. The van der Waals surface area contributed by atoms with E-state index in [-0.39, 0.29) is 54.6 Å². The van der Waals surface area contributed by atoms with Gasteiger partial charge in [0.05, 0.1) is 11.2 Å². The van der Waals surface area contributed by atoms with E-state index in [9.17, 15) is 29.1 Å². The molecule has 0 radical (unpaired) electrons. The van der Waals surface area contributed by atoms with E-state index in [1.165, 1.54) is 6.20 Å². The molecule has 2 fully saturated rings. The van der Waals surface area contributed by atoms with Crippen LogP contribution in [0.2, 0.25) is 0 Å². The summed E-state index contributed by atoms with van der Waals surface area (Å²) in [6.45, 7) is 6.56. The smallest absolute Gasteiger partial charge is 0.410 e. The normalized spacial score (nSPS) is 15.4. The van der Waals surface area contributed by atoms with Gasteiger partial charge in [-0.3, -0.25) is 19.8 Å². The number of nitrogens with zero attached hydrogens (tertiary/aromatic N) is 3. The molecule has 3 aromatic rings. The Kier molecular flexibility index (Phi) is 13.2. The lowest BCUT2D eigenvalue weighted by Gasteiger charge is -2.39. The summed E-state index contributed by atoms with van der Waals surface area (Å²) in [5.41, 5.74) is 5.43. The predicted octanol–water partition coefficient (Wildman–Crippen LogP) is 2.78. The fraction of sp³-hybridized carbons (Fsp3) is 0.474. The maximum atomic E-state index is 15.3. The molecule has 1 unspecified atom stereocenters. The van der Waals surface area contributed by atoms with Crippen LogP contribution in [0.3, 0.4) is 0 Å². The number of guanidine groups is 1. The minimum Gasteiger partial charge on any atom is -0.477 e. The summed E-state index contributed by atoms with van der Waals surface area (Å²) in [4.78, 5) is 66.7. The number of hydrogen-bond donors (Lipinski definition) is 7.